The van der Waals surface area contributed by atoms with Crippen LogP contribution in [0, 0.1) is 0 Å². The van der Waals surface area contributed by atoms with Gasteiger partial charge in [0.2, 0.25) is 0 Å². The van der Waals surface area contributed by atoms with Crippen molar-refractivity contribution < 1.29 is 19.1 Å². The summed E-state index contributed by atoms with van der Waals surface area (Å²) in [6.07, 6.45) is 5.65. The number of likely N-dealkylation sites (tertiary alicyclic amines) is 1. The number of carbonyl (C=O) groups is 2. The van der Waals surface area contributed by atoms with Crippen molar-refractivity contribution >= 4 is 37.2 Å². The Kier molecular flexibility index (Phi) is 8.76. The van der Waals surface area contributed by atoms with Crippen molar-refractivity contribution in [1.82, 2.24) is 24.8 Å². The van der Waals surface area contributed by atoms with Gasteiger partial charge in [-0.3, -0.25) is 5.32 Å². The predicted molar refractivity (Wildman–Crippen MR) is 139 cm³/mol. The molecular weight excluding hydrogens is 464 g/mol. The monoisotopic (exact) mass is 504 g/mol. The minimum absolute atomic E-state index is 0.0639. The molecule has 194 valence electrons. The van der Waals surface area contributed by atoms with Gasteiger partial charge in [0.1, 0.15) is 17.8 Å². The molecule has 3 amide bonds. The van der Waals surface area contributed by atoms with Crippen LogP contribution in [0.25, 0.3) is 11.2 Å². The van der Waals surface area contributed by atoms with Gasteiger partial charge in [-0.25, -0.2) is 19.6 Å². The molecule has 10 nitrogen and oxygen atoms in total. The van der Waals surface area contributed by atoms with Gasteiger partial charge in [-0.1, -0.05) is 19.6 Å². The van der Waals surface area contributed by atoms with Gasteiger partial charge >= 0.3 is 12.1 Å². The smallest absolute Gasteiger partial charge is 0.410 e. The molecule has 2 aromatic rings. The molecule has 1 atom stereocenters. The zero-order valence-corrected chi connectivity index (χ0v) is 22.9. The second-order valence-electron chi connectivity index (χ2n) is 11.2. The lowest BCUT2D eigenvalue weighted by atomic mass is 10.1. The molecule has 1 aliphatic heterocycles. The maximum absolute atomic E-state index is 12.4. The number of hydrogen-bond donors (Lipinski definition) is 2. The third kappa shape index (κ3) is 8.50. The lowest BCUT2D eigenvalue weighted by Crippen LogP contribution is -2.41. The molecule has 1 unspecified atom stereocenters. The van der Waals surface area contributed by atoms with Crippen LogP contribution in [-0.4, -0.2) is 71.0 Å². The van der Waals surface area contributed by atoms with Crippen molar-refractivity contribution in [2.24, 2.45) is 0 Å². The number of hydrogen-bond acceptors (Lipinski definition) is 6. The van der Waals surface area contributed by atoms with E-state index >= 15 is 0 Å². The Labute approximate surface area is 208 Å². The molecule has 1 saturated heterocycles. The first kappa shape index (κ1) is 26.9. The third-order valence-electron chi connectivity index (χ3n) is 5.70. The molecular formula is C24H40N6O4Si. The lowest BCUT2D eigenvalue weighted by Gasteiger charge is -2.28. The Hall–Kier alpha value is -2.66. The molecule has 0 saturated carbocycles. The summed E-state index contributed by atoms with van der Waals surface area (Å²) >= 11 is 0. The van der Waals surface area contributed by atoms with Crippen LogP contribution in [-0.2, 0) is 16.2 Å². The van der Waals surface area contributed by atoms with Crippen LogP contribution in [0.15, 0.2) is 18.5 Å². The van der Waals surface area contributed by atoms with E-state index in [0.29, 0.717) is 43.2 Å². The molecule has 1 fully saturated rings. The van der Waals surface area contributed by atoms with Gasteiger partial charge in [0.25, 0.3) is 0 Å². The summed E-state index contributed by atoms with van der Waals surface area (Å²) in [6.45, 7) is 14.8. The number of urea groups is 1. The summed E-state index contributed by atoms with van der Waals surface area (Å²) in [6, 6.07) is 2.68. The fourth-order valence-corrected chi connectivity index (χ4v) is 4.63. The van der Waals surface area contributed by atoms with E-state index in [-0.39, 0.29) is 18.2 Å². The summed E-state index contributed by atoms with van der Waals surface area (Å²) in [5.41, 5.74) is 0.884. The zero-order chi connectivity index (χ0) is 25.6. The largest absolute Gasteiger partial charge is 0.444 e. The molecule has 2 aromatic heterocycles. The lowest BCUT2D eigenvalue weighted by molar-refractivity contribution is 0.0221. The number of ether oxygens (including phenoxy) is 2. The summed E-state index contributed by atoms with van der Waals surface area (Å²) in [5, 5.41) is 5.58. The molecule has 3 rings (SSSR count). The molecule has 11 heteroatoms. The van der Waals surface area contributed by atoms with Crippen LogP contribution in [0.4, 0.5) is 15.4 Å². The maximum Gasteiger partial charge on any atom is 0.410 e. The number of nitrogens with zero attached hydrogens (tertiary/aromatic N) is 4. The Bertz CT molecular complexity index is 1010. The van der Waals surface area contributed by atoms with E-state index in [1.165, 1.54) is 0 Å². The normalized spacial score (nSPS) is 16.5. The van der Waals surface area contributed by atoms with Crippen LogP contribution in [0.5, 0.6) is 0 Å². The molecule has 0 aromatic carbocycles. The van der Waals surface area contributed by atoms with Crippen molar-refractivity contribution in [2.75, 3.05) is 25.0 Å². The number of aromatic nitrogens is 3. The minimum Gasteiger partial charge on any atom is -0.444 e. The van der Waals surface area contributed by atoms with Crippen LogP contribution < -0.4 is 10.6 Å². The van der Waals surface area contributed by atoms with E-state index < -0.39 is 13.7 Å². The fourth-order valence-electron chi connectivity index (χ4n) is 3.88. The number of amides is 3. The van der Waals surface area contributed by atoms with E-state index in [1.807, 2.05) is 37.6 Å². The molecule has 0 spiro atoms. The van der Waals surface area contributed by atoms with Crippen LogP contribution >= 0.6 is 0 Å². The summed E-state index contributed by atoms with van der Waals surface area (Å²) < 4.78 is 13.2. The highest BCUT2D eigenvalue weighted by molar-refractivity contribution is 6.76. The van der Waals surface area contributed by atoms with Crippen molar-refractivity contribution in [2.45, 2.75) is 84.1 Å². The Balaban J connectivity index is 1.44. The maximum atomic E-state index is 12.4. The molecule has 0 radical (unpaired) electrons. The molecule has 0 bridgehead atoms. The van der Waals surface area contributed by atoms with Gasteiger partial charge in [0.05, 0.1) is 6.20 Å². The van der Waals surface area contributed by atoms with Gasteiger partial charge in [0, 0.05) is 40.0 Å². The third-order valence-corrected chi connectivity index (χ3v) is 7.40. The molecule has 1 aliphatic rings. The second kappa shape index (κ2) is 11.4. The van der Waals surface area contributed by atoms with E-state index in [9.17, 15) is 9.59 Å². The molecule has 0 aliphatic carbocycles. The van der Waals surface area contributed by atoms with Crippen LogP contribution in [0.3, 0.4) is 0 Å². The van der Waals surface area contributed by atoms with E-state index in [4.69, 9.17) is 9.47 Å². The minimum atomic E-state index is -1.12. The zero-order valence-electron chi connectivity index (χ0n) is 21.9. The van der Waals surface area contributed by atoms with Gasteiger partial charge in [-0.15, -0.1) is 0 Å². The first-order valence-corrected chi connectivity index (χ1v) is 16.1. The standard InChI is InChI=1S/C24H40N6O4Si/c1-24(2,3)34-23(32)30-12-7-8-18(30)9-11-25-22(31)28-20-16-26-21-19(27-20)10-13-29(21)17-33-14-15-35(4,5)6/h10,13,16,18H,7-9,11-12,14-15,17H2,1-6H3,(H2,25,27,28,31). The highest BCUT2D eigenvalue weighted by Gasteiger charge is 2.31. The van der Waals surface area contributed by atoms with Gasteiger partial charge < -0.3 is 24.3 Å². The first-order valence-electron chi connectivity index (χ1n) is 12.4. The first-order chi connectivity index (χ1) is 16.4. The topological polar surface area (TPSA) is 111 Å². The highest BCUT2D eigenvalue weighted by atomic mass is 28.3. The van der Waals surface area contributed by atoms with E-state index in [0.717, 1.165) is 25.5 Å². The second-order valence-corrected chi connectivity index (χ2v) is 16.9. The van der Waals surface area contributed by atoms with E-state index in [2.05, 4.69) is 40.2 Å². The number of anilines is 1. The highest BCUT2D eigenvalue weighted by Crippen LogP contribution is 2.22. The van der Waals surface area contributed by atoms with Crippen LogP contribution in [0.1, 0.15) is 40.0 Å². The average molecular weight is 505 g/mol. The van der Waals surface area contributed by atoms with Crippen molar-refractivity contribution in [3.8, 4) is 0 Å². The molecule has 2 N–H and O–H groups in total. The van der Waals surface area contributed by atoms with Crippen molar-refractivity contribution in [3.05, 3.63) is 18.5 Å². The summed E-state index contributed by atoms with van der Waals surface area (Å²) in [5.74, 6) is 0.378. The Morgan fingerprint density at radius 3 is 2.74 bits per heavy atom. The molecule has 3 heterocycles. The van der Waals surface area contributed by atoms with Gasteiger partial charge in [-0.2, -0.15) is 0 Å². The Morgan fingerprint density at radius 1 is 1.26 bits per heavy atom. The SMILES string of the molecule is CC(C)(C)OC(=O)N1CCCC1CCNC(=O)Nc1cnc2c(ccn2COCC[Si](C)(C)C)n1. The fraction of sp³-hybridized carbons (Fsp3) is 0.667. The quantitative estimate of drug-likeness (QED) is 0.380. The summed E-state index contributed by atoms with van der Waals surface area (Å²) in [7, 11) is -1.12. The number of rotatable bonds is 9. The number of fused-ring (bicyclic) bond motifs is 1. The van der Waals surface area contributed by atoms with Gasteiger partial charge in [-0.05, 0) is 52.1 Å². The van der Waals surface area contributed by atoms with Gasteiger partial charge in [0.15, 0.2) is 11.5 Å². The van der Waals surface area contributed by atoms with Crippen molar-refractivity contribution in [3.63, 3.8) is 0 Å². The average Bonchev–Trinajstić information content (AvgIpc) is 3.36. The molecule has 35 heavy (non-hydrogen) atoms. The Morgan fingerprint density at radius 2 is 2.03 bits per heavy atom. The predicted octanol–water partition coefficient (Wildman–Crippen LogP) is 4.65. The number of nitrogens with one attached hydrogen (secondary N) is 2. The number of carbonyl (C=O) groups excluding carboxylic acids is 2. The summed E-state index contributed by atoms with van der Waals surface area (Å²) in [4.78, 5) is 35.5. The van der Waals surface area contributed by atoms with Crippen LogP contribution in [0.2, 0.25) is 25.7 Å². The van der Waals surface area contributed by atoms with E-state index in [1.54, 1.807) is 11.1 Å². The van der Waals surface area contributed by atoms with Crippen molar-refractivity contribution in [1.29, 1.82) is 0 Å².